The van der Waals surface area contributed by atoms with Gasteiger partial charge in [0.1, 0.15) is 5.60 Å². The summed E-state index contributed by atoms with van der Waals surface area (Å²) < 4.78 is 8.86. The Labute approximate surface area is 204 Å². The normalized spacial score (nSPS) is 14.4. The van der Waals surface area contributed by atoms with Crippen LogP contribution in [0.3, 0.4) is 0 Å². The lowest BCUT2D eigenvalue weighted by atomic mass is 9.95. The van der Waals surface area contributed by atoms with E-state index in [0.717, 1.165) is 27.8 Å². The minimum absolute atomic E-state index is 0.0252. The molecule has 35 heavy (non-hydrogen) atoms. The number of carbonyl (C=O) groups is 2. The first-order valence-electron chi connectivity index (χ1n) is 11.6. The average Bonchev–Trinajstić information content (AvgIpc) is 3.40. The summed E-state index contributed by atoms with van der Waals surface area (Å²) in [7, 11) is 3.68. The molecule has 0 radical (unpaired) electrons. The lowest BCUT2D eigenvalue weighted by Gasteiger charge is -2.30. The Kier molecular flexibility index (Phi) is 6.27. The van der Waals surface area contributed by atoms with Crippen LogP contribution < -0.4 is 5.32 Å². The number of benzene rings is 1. The van der Waals surface area contributed by atoms with Crippen LogP contribution in [0, 0.1) is 5.41 Å². The maximum Gasteiger partial charge on any atom is 0.419 e. The topological polar surface area (TPSA) is 105 Å². The van der Waals surface area contributed by atoms with Gasteiger partial charge in [-0.1, -0.05) is 12.1 Å². The van der Waals surface area contributed by atoms with Gasteiger partial charge in [0.05, 0.1) is 17.4 Å². The molecule has 0 saturated heterocycles. The number of rotatable bonds is 4. The zero-order valence-corrected chi connectivity index (χ0v) is 21.1. The predicted molar refractivity (Wildman–Crippen MR) is 136 cm³/mol. The molecule has 0 unspecified atom stereocenters. The molecular weight excluding hydrogens is 444 g/mol. The van der Waals surface area contributed by atoms with Crippen molar-refractivity contribution >= 4 is 28.6 Å². The molecule has 0 saturated carbocycles. The van der Waals surface area contributed by atoms with Gasteiger partial charge in [0.15, 0.2) is 0 Å². The highest BCUT2D eigenvalue weighted by Gasteiger charge is 2.27. The molecule has 0 atom stereocenters. The van der Waals surface area contributed by atoms with Crippen LogP contribution in [0.4, 0.5) is 4.79 Å². The number of carbonyl (C=O) groups excluding carboxylic acids is 2. The Morgan fingerprint density at radius 2 is 1.91 bits per heavy atom. The molecule has 1 aliphatic rings. The van der Waals surface area contributed by atoms with Crippen molar-refractivity contribution in [2.45, 2.75) is 39.7 Å². The van der Waals surface area contributed by atoms with Gasteiger partial charge in [0, 0.05) is 80.7 Å². The molecule has 0 spiro atoms. The molecule has 3 heterocycles. The number of hydrogen-bond donors (Lipinski definition) is 2. The molecular formula is C26H32N6O3. The smallest absolute Gasteiger partial charge is 0.419 e. The fraction of sp³-hybridized carbons (Fsp3) is 0.385. The first kappa shape index (κ1) is 24.3. The number of amides is 1. The summed E-state index contributed by atoms with van der Waals surface area (Å²) in [4.78, 5) is 27.0. The first-order valence-corrected chi connectivity index (χ1v) is 11.6. The van der Waals surface area contributed by atoms with Crippen molar-refractivity contribution in [1.29, 1.82) is 5.41 Å². The fourth-order valence-corrected chi connectivity index (χ4v) is 4.34. The number of aryl methyl sites for hydroxylation is 1. The Hall–Kier alpha value is -3.88. The largest absolute Gasteiger partial charge is 0.443 e. The molecule has 0 aliphatic carbocycles. The van der Waals surface area contributed by atoms with Gasteiger partial charge in [0.25, 0.3) is 0 Å². The summed E-state index contributed by atoms with van der Waals surface area (Å²) in [5, 5.41) is 17.3. The average molecular weight is 477 g/mol. The van der Waals surface area contributed by atoms with Crippen LogP contribution in [0.15, 0.2) is 48.1 Å². The van der Waals surface area contributed by atoms with Crippen LogP contribution in [0.2, 0.25) is 0 Å². The van der Waals surface area contributed by atoms with Crippen molar-refractivity contribution in [2.24, 2.45) is 7.05 Å². The second kappa shape index (κ2) is 9.05. The van der Waals surface area contributed by atoms with Crippen LogP contribution in [0.1, 0.15) is 39.7 Å². The maximum atomic E-state index is 13.2. The molecule has 184 valence electrons. The summed E-state index contributed by atoms with van der Waals surface area (Å²) in [6, 6.07) is 5.81. The van der Waals surface area contributed by atoms with E-state index in [2.05, 4.69) is 10.4 Å². The Balaban J connectivity index is 1.86. The molecule has 4 rings (SSSR count). The SMILES string of the molecule is CNC1=C(C(=N)c2cn(C(=O)OC(C)(C)C)c3cc(-c4cnn(C)c4)ccc23)CN(C(C)=O)CC1. The summed E-state index contributed by atoms with van der Waals surface area (Å²) in [6.45, 7) is 7.96. The number of aromatic nitrogens is 3. The molecule has 1 amide bonds. The molecule has 0 bridgehead atoms. The third-order valence-electron chi connectivity index (χ3n) is 6.10. The van der Waals surface area contributed by atoms with E-state index >= 15 is 0 Å². The van der Waals surface area contributed by atoms with E-state index in [9.17, 15) is 9.59 Å². The standard InChI is InChI=1S/C26H32N6O3/c1-16(33)31-10-9-22(28-5)21(14-31)24(27)20-15-32(25(34)35-26(2,3)4)23-11-17(7-8-19(20)23)18-12-29-30(6)13-18/h7-8,11-13,15,27-28H,9-10,14H2,1-6H3. The monoisotopic (exact) mass is 476 g/mol. The van der Waals surface area contributed by atoms with Crippen molar-refractivity contribution < 1.29 is 14.3 Å². The van der Waals surface area contributed by atoms with Gasteiger partial charge >= 0.3 is 6.09 Å². The van der Waals surface area contributed by atoms with Crippen LogP contribution >= 0.6 is 0 Å². The van der Waals surface area contributed by atoms with Gasteiger partial charge in [-0.05, 0) is 32.4 Å². The maximum absolute atomic E-state index is 13.2. The number of hydrogen-bond acceptors (Lipinski definition) is 6. The van der Waals surface area contributed by atoms with Crippen LogP contribution in [0.5, 0.6) is 0 Å². The summed E-state index contributed by atoms with van der Waals surface area (Å²) in [6.07, 6.45) is 5.48. The third kappa shape index (κ3) is 4.84. The molecule has 3 aromatic rings. The van der Waals surface area contributed by atoms with E-state index in [-0.39, 0.29) is 11.6 Å². The van der Waals surface area contributed by atoms with Crippen LogP contribution in [-0.4, -0.2) is 62.7 Å². The highest BCUT2D eigenvalue weighted by atomic mass is 16.6. The minimum atomic E-state index is -0.671. The van der Waals surface area contributed by atoms with Crippen molar-refractivity contribution in [3.8, 4) is 11.1 Å². The predicted octanol–water partition coefficient (Wildman–Crippen LogP) is 3.92. The van der Waals surface area contributed by atoms with Crippen LogP contribution in [-0.2, 0) is 16.6 Å². The highest BCUT2D eigenvalue weighted by Crippen LogP contribution is 2.31. The van der Waals surface area contributed by atoms with Crippen molar-refractivity contribution in [3.63, 3.8) is 0 Å². The summed E-state index contributed by atoms with van der Waals surface area (Å²) in [5.74, 6) is -0.0252. The molecule has 2 N–H and O–H groups in total. The zero-order chi connectivity index (χ0) is 25.5. The van der Waals surface area contributed by atoms with Gasteiger partial charge in [0.2, 0.25) is 5.91 Å². The van der Waals surface area contributed by atoms with E-state index in [1.54, 1.807) is 28.9 Å². The van der Waals surface area contributed by atoms with Gasteiger partial charge in [-0.2, -0.15) is 5.10 Å². The molecule has 9 nitrogen and oxygen atoms in total. The minimum Gasteiger partial charge on any atom is -0.443 e. The Bertz CT molecular complexity index is 1360. The number of fused-ring (bicyclic) bond motifs is 1. The second-order valence-corrected chi connectivity index (χ2v) is 9.80. The molecule has 1 aliphatic heterocycles. The highest BCUT2D eigenvalue weighted by molar-refractivity contribution is 6.19. The van der Waals surface area contributed by atoms with E-state index in [1.165, 1.54) is 4.57 Å². The number of nitrogens with one attached hydrogen (secondary N) is 2. The van der Waals surface area contributed by atoms with Gasteiger partial charge in [-0.15, -0.1) is 0 Å². The van der Waals surface area contributed by atoms with Crippen LogP contribution in [0.25, 0.3) is 22.0 Å². The van der Waals surface area contributed by atoms with Gasteiger partial charge < -0.3 is 15.0 Å². The zero-order valence-electron chi connectivity index (χ0n) is 21.1. The van der Waals surface area contributed by atoms with E-state index in [4.69, 9.17) is 10.1 Å². The first-order chi connectivity index (χ1) is 16.5. The summed E-state index contributed by atoms with van der Waals surface area (Å²) in [5.41, 5.74) is 4.36. The van der Waals surface area contributed by atoms with Crippen molar-refractivity contribution in [2.75, 3.05) is 20.1 Å². The van der Waals surface area contributed by atoms with E-state index in [1.807, 2.05) is 59.3 Å². The van der Waals surface area contributed by atoms with E-state index in [0.29, 0.717) is 30.6 Å². The third-order valence-corrected chi connectivity index (χ3v) is 6.10. The quantitative estimate of drug-likeness (QED) is 0.556. The van der Waals surface area contributed by atoms with E-state index < -0.39 is 11.7 Å². The lowest BCUT2D eigenvalue weighted by molar-refractivity contribution is -0.128. The molecule has 2 aromatic heterocycles. The van der Waals surface area contributed by atoms with Gasteiger partial charge in [-0.3, -0.25) is 19.5 Å². The molecule has 1 aromatic carbocycles. The van der Waals surface area contributed by atoms with Crippen molar-refractivity contribution in [1.82, 2.24) is 24.6 Å². The van der Waals surface area contributed by atoms with Crippen molar-refractivity contribution in [3.05, 3.63) is 53.6 Å². The van der Waals surface area contributed by atoms with Gasteiger partial charge in [-0.25, -0.2) is 4.79 Å². The fourth-order valence-electron chi connectivity index (χ4n) is 4.34. The summed E-state index contributed by atoms with van der Waals surface area (Å²) >= 11 is 0. The Morgan fingerprint density at radius 3 is 2.51 bits per heavy atom. The lowest BCUT2D eigenvalue weighted by Crippen LogP contribution is -2.39. The number of ether oxygens (including phenoxy) is 1. The molecule has 9 heteroatoms. The second-order valence-electron chi connectivity index (χ2n) is 9.80. The number of nitrogens with zero attached hydrogens (tertiary/aromatic N) is 4. The Morgan fingerprint density at radius 1 is 1.17 bits per heavy atom. The molecule has 0 fully saturated rings.